The Bertz CT molecular complexity index is 1050. The van der Waals surface area contributed by atoms with Crippen molar-refractivity contribution in [1.82, 2.24) is 15.4 Å². The van der Waals surface area contributed by atoms with Gasteiger partial charge in [-0.05, 0) is 48.2 Å². The Morgan fingerprint density at radius 3 is 2.38 bits per heavy atom. The number of aromatic nitrogens is 1. The Hall–Kier alpha value is -3.16. The van der Waals surface area contributed by atoms with Gasteiger partial charge in [0.2, 0.25) is 0 Å². The number of amides is 1. The standard InChI is InChI=1S/C27H33N3O4/c1-4-33-23-11-9-22(10-12-23)26-17-24(29-34-26)27(31)28-18-25(30-13-15-32-16-14-30)21-7-5-20(6-8-21)19(2)3/h5-12,17,19,25H,4,13-16,18H2,1-3H3,(H,28,31)/t25-/m1/s1. The van der Waals surface area contributed by atoms with Crippen molar-refractivity contribution in [2.45, 2.75) is 32.7 Å². The lowest BCUT2D eigenvalue weighted by atomic mass is 9.98. The van der Waals surface area contributed by atoms with E-state index in [0.29, 0.717) is 38.0 Å². The lowest BCUT2D eigenvalue weighted by molar-refractivity contribution is 0.0162. The van der Waals surface area contributed by atoms with E-state index in [9.17, 15) is 4.79 Å². The van der Waals surface area contributed by atoms with Crippen molar-refractivity contribution in [3.8, 4) is 17.1 Å². The molecule has 1 aromatic heterocycles. The highest BCUT2D eigenvalue weighted by molar-refractivity contribution is 5.93. The molecule has 0 bridgehead atoms. The van der Waals surface area contributed by atoms with Gasteiger partial charge >= 0.3 is 0 Å². The summed E-state index contributed by atoms with van der Waals surface area (Å²) in [5.74, 6) is 1.56. The van der Waals surface area contributed by atoms with E-state index in [1.807, 2.05) is 31.2 Å². The smallest absolute Gasteiger partial charge is 0.273 e. The third-order valence-electron chi connectivity index (χ3n) is 6.12. The first-order chi connectivity index (χ1) is 16.5. The summed E-state index contributed by atoms with van der Waals surface area (Å²) in [6.45, 7) is 10.5. The van der Waals surface area contributed by atoms with E-state index in [0.717, 1.165) is 24.4 Å². The second kappa shape index (κ2) is 11.3. The summed E-state index contributed by atoms with van der Waals surface area (Å²) < 4.78 is 16.5. The number of carbonyl (C=O) groups excluding carboxylic acids is 1. The van der Waals surface area contributed by atoms with Gasteiger partial charge in [0.05, 0.1) is 25.9 Å². The van der Waals surface area contributed by atoms with Gasteiger partial charge in [-0.2, -0.15) is 0 Å². The molecule has 1 aliphatic rings. The van der Waals surface area contributed by atoms with Crippen LogP contribution in [-0.4, -0.2) is 55.4 Å². The van der Waals surface area contributed by atoms with Gasteiger partial charge in [-0.1, -0.05) is 43.3 Å². The maximum absolute atomic E-state index is 12.9. The van der Waals surface area contributed by atoms with Crippen LogP contribution in [0.4, 0.5) is 0 Å². The predicted molar refractivity (Wildman–Crippen MR) is 131 cm³/mol. The van der Waals surface area contributed by atoms with E-state index >= 15 is 0 Å². The molecule has 180 valence electrons. The van der Waals surface area contributed by atoms with Gasteiger partial charge in [-0.3, -0.25) is 9.69 Å². The number of ether oxygens (including phenoxy) is 2. The number of morpholine rings is 1. The number of carbonyl (C=O) groups is 1. The van der Waals surface area contributed by atoms with Crippen LogP contribution >= 0.6 is 0 Å². The maximum Gasteiger partial charge on any atom is 0.273 e. The quantitative estimate of drug-likeness (QED) is 0.497. The van der Waals surface area contributed by atoms with Gasteiger partial charge < -0.3 is 19.3 Å². The van der Waals surface area contributed by atoms with Gasteiger partial charge in [0.1, 0.15) is 5.75 Å². The summed E-state index contributed by atoms with van der Waals surface area (Å²) in [6, 6.07) is 18.0. The van der Waals surface area contributed by atoms with Gasteiger partial charge in [0.25, 0.3) is 5.91 Å². The molecular formula is C27H33N3O4. The molecule has 1 saturated heterocycles. The minimum Gasteiger partial charge on any atom is -0.494 e. The predicted octanol–water partition coefficient (Wildman–Crippen LogP) is 4.67. The summed E-state index contributed by atoms with van der Waals surface area (Å²) >= 11 is 0. The molecule has 1 amide bonds. The van der Waals surface area contributed by atoms with Crippen molar-refractivity contribution in [2.24, 2.45) is 0 Å². The van der Waals surface area contributed by atoms with Crippen molar-refractivity contribution >= 4 is 5.91 Å². The molecule has 1 N–H and O–H groups in total. The van der Waals surface area contributed by atoms with E-state index < -0.39 is 0 Å². The number of rotatable bonds is 9. The van der Waals surface area contributed by atoms with Gasteiger partial charge in [0.15, 0.2) is 11.5 Å². The summed E-state index contributed by atoms with van der Waals surface area (Å²) in [5.41, 5.74) is 3.59. The number of hydrogen-bond acceptors (Lipinski definition) is 6. The van der Waals surface area contributed by atoms with Crippen LogP contribution in [0.1, 0.15) is 54.3 Å². The molecule has 0 radical (unpaired) electrons. The van der Waals surface area contributed by atoms with E-state index in [1.165, 1.54) is 11.1 Å². The van der Waals surface area contributed by atoms with Crippen molar-refractivity contribution in [3.63, 3.8) is 0 Å². The first kappa shape index (κ1) is 24.0. The second-order valence-corrected chi connectivity index (χ2v) is 8.73. The van der Waals surface area contributed by atoms with Crippen LogP contribution in [0.5, 0.6) is 5.75 Å². The monoisotopic (exact) mass is 463 g/mol. The lowest BCUT2D eigenvalue weighted by Crippen LogP contribution is -2.43. The first-order valence-corrected chi connectivity index (χ1v) is 11.9. The summed E-state index contributed by atoms with van der Waals surface area (Å²) in [7, 11) is 0. The normalized spacial score (nSPS) is 15.3. The summed E-state index contributed by atoms with van der Waals surface area (Å²) in [5, 5.41) is 7.05. The molecule has 4 rings (SSSR count). The van der Waals surface area contributed by atoms with Gasteiger partial charge in [-0.15, -0.1) is 0 Å². The molecule has 2 heterocycles. The molecule has 2 aromatic carbocycles. The highest BCUT2D eigenvalue weighted by atomic mass is 16.5. The highest BCUT2D eigenvalue weighted by Crippen LogP contribution is 2.25. The minimum atomic E-state index is -0.252. The van der Waals surface area contributed by atoms with Crippen LogP contribution in [0, 0.1) is 0 Å². The molecule has 0 unspecified atom stereocenters. The lowest BCUT2D eigenvalue weighted by Gasteiger charge is -2.35. The van der Waals surface area contributed by atoms with Crippen LogP contribution in [-0.2, 0) is 4.74 Å². The molecular weight excluding hydrogens is 430 g/mol. The van der Waals surface area contributed by atoms with E-state index in [4.69, 9.17) is 14.0 Å². The zero-order valence-corrected chi connectivity index (χ0v) is 20.1. The fraction of sp³-hybridized carbons (Fsp3) is 0.407. The molecule has 7 heteroatoms. The zero-order chi connectivity index (χ0) is 23.9. The van der Waals surface area contributed by atoms with Crippen LogP contribution in [0.2, 0.25) is 0 Å². The molecule has 0 aliphatic carbocycles. The largest absolute Gasteiger partial charge is 0.494 e. The van der Waals surface area contributed by atoms with Crippen LogP contribution in [0.3, 0.4) is 0 Å². The third kappa shape index (κ3) is 5.85. The van der Waals surface area contributed by atoms with Crippen LogP contribution in [0.25, 0.3) is 11.3 Å². The Labute approximate surface area is 201 Å². The fourth-order valence-corrected chi connectivity index (χ4v) is 4.13. The van der Waals surface area contributed by atoms with Crippen LogP contribution in [0.15, 0.2) is 59.1 Å². The number of nitrogens with zero attached hydrogens (tertiary/aromatic N) is 2. The molecule has 1 fully saturated rings. The third-order valence-corrected chi connectivity index (χ3v) is 6.12. The van der Waals surface area contributed by atoms with E-state index in [2.05, 4.69) is 53.5 Å². The number of nitrogens with one attached hydrogen (secondary N) is 1. The van der Waals surface area contributed by atoms with Gasteiger partial charge in [0, 0.05) is 31.3 Å². The van der Waals surface area contributed by atoms with E-state index in [1.54, 1.807) is 6.07 Å². The number of benzene rings is 2. The van der Waals surface area contributed by atoms with Crippen molar-refractivity contribution in [2.75, 3.05) is 39.5 Å². The molecule has 3 aromatic rings. The topological polar surface area (TPSA) is 76.8 Å². The Morgan fingerprint density at radius 2 is 1.74 bits per heavy atom. The molecule has 7 nitrogen and oxygen atoms in total. The SMILES string of the molecule is CCOc1ccc(-c2cc(C(=O)NC[C@H](c3ccc(C(C)C)cc3)N3CCOCC3)no2)cc1. The molecule has 34 heavy (non-hydrogen) atoms. The highest BCUT2D eigenvalue weighted by Gasteiger charge is 2.24. The summed E-state index contributed by atoms with van der Waals surface area (Å²) in [4.78, 5) is 15.3. The van der Waals surface area contributed by atoms with Crippen molar-refractivity contribution in [3.05, 3.63) is 71.4 Å². The molecule has 1 atom stereocenters. The van der Waals surface area contributed by atoms with E-state index in [-0.39, 0.29) is 17.6 Å². The second-order valence-electron chi connectivity index (χ2n) is 8.73. The maximum atomic E-state index is 12.9. The first-order valence-electron chi connectivity index (χ1n) is 11.9. The van der Waals surface area contributed by atoms with Crippen LogP contribution < -0.4 is 10.1 Å². The minimum absolute atomic E-state index is 0.0616. The van der Waals surface area contributed by atoms with Gasteiger partial charge in [-0.25, -0.2) is 0 Å². The Morgan fingerprint density at radius 1 is 1.06 bits per heavy atom. The average Bonchev–Trinajstić information content (AvgIpc) is 3.36. The Kier molecular flexibility index (Phi) is 7.98. The summed E-state index contributed by atoms with van der Waals surface area (Å²) in [6.07, 6.45) is 0. The van der Waals surface area contributed by atoms with Crippen molar-refractivity contribution < 1.29 is 18.8 Å². The average molecular weight is 464 g/mol. The molecule has 0 saturated carbocycles. The van der Waals surface area contributed by atoms with Crippen molar-refractivity contribution in [1.29, 1.82) is 0 Å². The Balaban J connectivity index is 1.44. The molecule has 0 spiro atoms. The fourth-order valence-electron chi connectivity index (χ4n) is 4.13. The zero-order valence-electron chi connectivity index (χ0n) is 20.1. The number of hydrogen-bond donors (Lipinski definition) is 1. The molecule has 1 aliphatic heterocycles.